The standard InChI is InChI=1S/C12H13N3O2S/c13-11(18)7-1-3-8(4-2-7)14-9-5-6-10(16)15-12(9)17/h1-4,9,14H,5-6H2,(H2,13,18)(H,15,16,17). The molecule has 0 bridgehead atoms. The monoisotopic (exact) mass is 263 g/mol. The van der Waals surface area contributed by atoms with Crippen LogP contribution in [-0.4, -0.2) is 22.8 Å². The molecule has 0 aliphatic carbocycles. The van der Waals surface area contributed by atoms with Crippen LogP contribution in [-0.2, 0) is 9.59 Å². The number of carbonyl (C=O) groups is 2. The highest BCUT2D eigenvalue weighted by Gasteiger charge is 2.26. The summed E-state index contributed by atoms with van der Waals surface area (Å²) in [7, 11) is 0. The first-order chi connectivity index (χ1) is 8.56. The highest BCUT2D eigenvalue weighted by Crippen LogP contribution is 2.14. The van der Waals surface area contributed by atoms with Crippen LogP contribution in [0.25, 0.3) is 0 Å². The minimum Gasteiger partial charge on any atom is -0.389 e. The second-order valence-electron chi connectivity index (χ2n) is 4.09. The molecule has 5 nitrogen and oxygen atoms in total. The molecule has 18 heavy (non-hydrogen) atoms. The minimum atomic E-state index is -0.377. The molecular formula is C12H13N3O2S. The molecule has 0 radical (unpaired) electrons. The number of hydrogen-bond donors (Lipinski definition) is 3. The number of anilines is 1. The van der Waals surface area contributed by atoms with Crippen molar-refractivity contribution < 1.29 is 9.59 Å². The van der Waals surface area contributed by atoms with Gasteiger partial charge in [0.25, 0.3) is 0 Å². The molecule has 1 aliphatic heterocycles. The molecule has 0 spiro atoms. The van der Waals surface area contributed by atoms with Crippen LogP contribution in [0.3, 0.4) is 0 Å². The molecule has 2 rings (SSSR count). The maximum Gasteiger partial charge on any atom is 0.249 e. The molecule has 1 unspecified atom stereocenters. The van der Waals surface area contributed by atoms with Crippen molar-refractivity contribution in [3.63, 3.8) is 0 Å². The molecule has 1 heterocycles. The maximum atomic E-state index is 11.5. The van der Waals surface area contributed by atoms with Gasteiger partial charge in [-0.15, -0.1) is 0 Å². The summed E-state index contributed by atoms with van der Waals surface area (Å²) >= 11 is 4.85. The number of rotatable bonds is 3. The normalized spacial score (nSPS) is 19.2. The van der Waals surface area contributed by atoms with Gasteiger partial charge in [-0.25, -0.2) is 0 Å². The molecule has 1 aliphatic rings. The van der Waals surface area contributed by atoms with Crippen molar-refractivity contribution in [3.8, 4) is 0 Å². The van der Waals surface area contributed by atoms with Gasteiger partial charge in [0, 0.05) is 17.7 Å². The SMILES string of the molecule is NC(=S)c1ccc(NC2CCC(=O)NC2=O)cc1. The van der Waals surface area contributed by atoms with Gasteiger partial charge in [-0.3, -0.25) is 14.9 Å². The van der Waals surface area contributed by atoms with Gasteiger partial charge in [-0.2, -0.15) is 0 Å². The molecule has 4 N–H and O–H groups in total. The molecular weight excluding hydrogens is 250 g/mol. The van der Waals surface area contributed by atoms with Gasteiger partial charge < -0.3 is 11.1 Å². The van der Waals surface area contributed by atoms with E-state index in [9.17, 15) is 9.59 Å². The van der Waals surface area contributed by atoms with E-state index in [0.717, 1.165) is 11.3 Å². The lowest BCUT2D eigenvalue weighted by atomic mass is 10.1. The summed E-state index contributed by atoms with van der Waals surface area (Å²) < 4.78 is 0. The number of carbonyl (C=O) groups excluding carboxylic acids is 2. The van der Waals surface area contributed by atoms with E-state index in [-0.39, 0.29) is 17.9 Å². The summed E-state index contributed by atoms with van der Waals surface area (Å²) in [5, 5.41) is 5.37. The van der Waals surface area contributed by atoms with E-state index in [1.807, 2.05) is 0 Å². The van der Waals surface area contributed by atoms with Gasteiger partial charge in [0.1, 0.15) is 11.0 Å². The molecule has 2 amide bonds. The summed E-state index contributed by atoms with van der Waals surface area (Å²) in [4.78, 5) is 22.9. The number of imide groups is 1. The molecule has 94 valence electrons. The topological polar surface area (TPSA) is 84.2 Å². The van der Waals surface area contributed by atoms with Crippen LogP contribution in [0.15, 0.2) is 24.3 Å². The van der Waals surface area contributed by atoms with Crippen LogP contribution in [0.1, 0.15) is 18.4 Å². The number of nitrogens with one attached hydrogen (secondary N) is 2. The predicted octanol–water partition coefficient (Wildman–Crippen LogP) is 0.538. The average molecular weight is 263 g/mol. The quantitative estimate of drug-likeness (QED) is 0.547. The van der Waals surface area contributed by atoms with E-state index in [0.29, 0.717) is 17.8 Å². The fourth-order valence-corrected chi connectivity index (χ4v) is 1.90. The Morgan fingerprint density at radius 1 is 1.33 bits per heavy atom. The molecule has 1 atom stereocenters. The number of thiocarbonyl (C=S) groups is 1. The first-order valence-electron chi connectivity index (χ1n) is 5.56. The van der Waals surface area contributed by atoms with Crippen LogP contribution < -0.4 is 16.4 Å². The van der Waals surface area contributed by atoms with Gasteiger partial charge in [0.05, 0.1) is 0 Å². The number of benzene rings is 1. The Hall–Kier alpha value is -1.95. The van der Waals surface area contributed by atoms with Crippen molar-refractivity contribution in [2.24, 2.45) is 5.73 Å². The third-order valence-electron chi connectivity index (χ3n) is 2.75. The predicted molar refractivity (Wildman–Crippen MR) is 72.1 cm³/mol. The van der Waals surface area contributed by atoms with Gasteiger partial charge >= 0.3 is 0 Å². The Kier molecular flexibility index (Phi) is 3.57. The fraction of sp³-hybridized carbons (Fsp3) is 0.250. The van der Waals surface area contributed by atoms with E-state index in [1.54, 1.807) is 24.3 Å². The van der Waals surface area contributed by atoms with Crippen LogP contribution >= 0.6 is 12.2 Å². The van der Waals surface area contributed by atoms with Crippen molar-refractivity contribution >= 4 is 34.7 Å². The Labute approximate surface area is 110 Å². The van der Waals surface area contributed by atoms with Gasteiger partial charge in [-0.1, -0.05) is 12.2 Å². The smallest absolute Gasteiger partial charge is 0.249 e. The van der Waals surface area contributed by atoms with Gasteiger partial charge in [-0.05, 0) is 30.7 Å². The van der Waals surface area contributed by atoms with Crippen molar-refractivity contribution in [1.29, 1.82) is 0 Å². The lowest BCUT2D eigenvalue weighted by Gasteiger charge is -2.22. The van der Waals surface area contributed by atoms with E-state index in [4.69, 9.17) is 18.0 Å². The summed E-state index contributed by atoms with van der Waals surface area (Å²) in [6.07, 6.45) is 0.857. The van der Waals surface area contributed by atoms with Crippen LogP contribution in [0.4, 0.5) is 5.69 Å². The molecule has 0 aromatic heterocycles. The number of hydrogen-bond acceptors (Lipinski definition) is 4. The lowest BCUT2D eigenvalue weighted by molar-refractivity contribution is -0.133. The Morgan fingerprint density at radius 2 is 2.00 bits per heavy atom. The second-order valence-corrected chi connectivity index (χ2v) is 4.53. The van der Waals surface area contributed by atoms with E-state index in [1.165, 1.54) is 0 Å². The third kappa shape index (κ3) is 2.84. The zero-order chi connectivity index (χ0) is 13.1. The molecule has 1 aromatic carbocycles. The van der Waals surface area contributed by atoms with Gasteiger partial charge in [0.2, 0.25) is 11.8 Å². The Bertz CT molecular complexity index is 499. The van der Waals surface area contributed by atoms with Gasteiger partial charge in [0.15, 0.2) is 0 Å². The Balaban J connectivity index is 2.03. The fourth-order valence-electron chi connectivity index (χ4n) is 1.76. The second kappa shape index (κ2) is 5.14. The highest BCUT2D eigenvalue weighted by atomic mass is 32.1. The van der Waals surface area contributed by atoms with Crippen molar-refractivity contribution in [2.75, 3.05) is 5.32 Å². The highest BCUT2D eigenvalue weighted by molar-refractivity contribution is 7.80. The number of amides is 2. The minimum absolute atomic E-state index is 0.220. The van der Waals surface area contributed by atoms with Crippen molar-refractivity contribution in [2.45, 2.75) is 18.9 Å². The summed E-state index contributed by atoms with van der Waals surface area (Å²) in [5.74, 6) is -0.508. The maximum absolute atomic E-state index is 11.5. The molecule has 6 heteroatoms. The molecule has 1 fully saturated rings. The number of nitrogens with two attached hydrogens (primary N) is 1. The zero-order valence-corrected chi connectivity index (χ0v) is 10.4. The zero-order valence-electron chi connectivity index (χ0n) is 9.60. The van der Waals surface area contributed by atoms with Crippen LogP contribution in [0.5, 0.6) is 0 Å². The number of piperidine rings is 1. The summed E-state index contributed by atoms with van der Waals surface area (Å²) in [5.41, 5.74) is 7.07. The van der Waals surface area contributed by atoms with E-state index in [2.05, 4.69) is 10.6 Å². The van der Waals surface area contributed by atoms with Crippen molar-refractivity contribution in [1.82, 2.24) is 5.32 Å². The molecule has 1 aromatic rings. The molecule has 0 saturated carbocycles. The van der Waals surface area contributed by atoms with Crippen LogP contribution in [0, 0.1) is 0 Å². The average Bonchev–Trinajstić information content (AvgIpc) is 2.33. The van der Waals surface area contributed by atoms with E-state index >= 15 is 0 Å². The lowest BCUT2D eigenvalue weighted by Crippen LogP contribution is -2.47. The third-order valence-corrected chi connectivity index (χ3v) is 2.99. The largest absolute Gasteiger partial charge is 0.389 e. The van der Waals surface area contributed by atoms with E-state index < -0.39 is 0 Å². The summed E-state index contributed by atoms with van der Waals surface area (Å²) in [6.45, 7) is 0. The summed E-state index contributed by atoms with van der Waals surface area (Å²) in [6, 6.07) is 6.81. The Morgan fingerprint density at radius 3 is 2.56 bits per heavy atom. The van der Waals surface area contributed by atoms with Crippen LogP contribution in [0.2, 0.25) is 0 Å². The first-order valence-corrected chi connectivity index (χ1v) is 5.97. The molecule has 1 saturated heterocycles. The van der Waals surface area contributed by atoms with Crippen molar-refractivity contribution in [3.05, 3.63) is 29.8 Å². The first kappa shape index (κ1) is 12.5.